The van der Waals surface area contributed by atoms with Crippen LogP contribution in [0.3, 0.4) is 0 Å². The molecule has 1 rings (SSSR count). The molecule has 27 heavy (non-hydrogen) atoms. The van der Waals surface area contributed by atoms with E-state index in [4.69, 9.17) is 5.11 Å². The highest BCUT2D eigenvalue weighted by Gasteiger charge is 2.22. The molecular weight excluding hydrogens is 336 g/mol. The third kappa shape index (κ3) is 13.0. The molecule has 0 bridgehead atoms. The fraction of sp³-hybridized carbons (Fsp3) is 0.870. The average Bonchev–Trinajstić information content (AvgIpc) is 3.14. The van der Waals surface area contributed by atoms with Crippen molar-refractivity contribution in [3.63, 3.8) is 0 Å². The fourth-order valence-corrected chi connectivity index (χ4v) is 3.68. The molecule has 0 aromatic rings. The Labute approximate surface area is 168 Å². The molecule has 1 aliphatic heterocycles. The Hall–Kier alpha value is -0.870. The van der Waals surface area contributed by atoms with Crippen molar-refractivity contribution in [1.29, 1.82) is 0 Å². The van der Waals surface area contributed by atoms with E-state index in [0.29, 0.717) is 19.6 Å². The van der Waals surface area contributed by atoms with Crippen molar-refractivity contribution in [3.05, 3.63) is 12.2 Å². The van der Waals surface area contributed by atoms with Gasteiger partial charge in [-0.2, -0.15) is 0 Å². The zero-order chi connectivity index (χ0) is 19.6. The molecule has 0 atom stereocenters. The van der Waals surface area contributed by atoms with Crippen LogP contribution in [0.25, 0.3) is 0 Å². The largest absolute Gasteiger partial charge is 0.395 e. The van der Waals surface area contributed by atoms with Crippen molar-refractivity contribution in [2.24, 2.45) is 0 Å². The molecule has 4 nitrogen and oxygen atoms in total. The maximum absolute atomic E-state index is 12.2. The lowest BCUT2D eigenvalue weighted by molar-refractivity contribution is -0.130. The predicted octanol–water partition coefficient (Wildman–Crippen LogP) is 5.12. The second kappa shape index (κ2) is 17.2. The van der Waals surface area contributed by atoms with Crippen LogP contribution in [0, 0.1) is 0 Å². The van der Waals surface area contributed by atoms with Crippen LogP contribution < -0.4 is 0 Å². The summed E-state index contributed by atoms with van der Waals surface area (Å²) in [7, 11) is 0. The van der Waals surface area contributed by atoms with Gasteiger partial charge in [-0.15, -0.1) is 0 Å². The van der Waals surface area contributed by atoms with Crippen LogP contribution in [0.15, 0.2) is 12.2 Å². The van der Waals surface area contributed by atoms with Gasteiger partial charge < -0.3 is 10.0 Å². The van der Waals surface area contributed by atoms with Crippen LogP contribution in [0.4, 0.5) is 0 Å². The first-order valence-corrected chi connectivity index (χ1v) is 11.5. The van der Waals surface area contributed by atoms with Crippen LogP contribution in [0.5, 0.6) is 0 Å². The summed E-state index contributed by atoms with van der Waals surface area (Å²) >= 11 is 0. The van der Waals surface area contributed by atoms with E-state index in [-0.39, 0.29) is 12.5 Å². The molecule has 0 unspecified atom stereocenters. The number of aliphatic hydroxyl groups excluding tert-OH is 1. The summed E-state index contributed by atoms with van der Waals surface area (Å²) < 4.78 is 0. The number of rotatable bonds is 17. The summed E-state index contributed by atoms with van der Waals surface area (Å²) in [6, 6.07) is 0. The number of unbranched alkanes of at least 4 members (excludes halogenated alkanes) is 11. The number of amides is 1. The maximum Gasteiger partial charge on any atom is 0.223 e. The molecule has 0 aromatic heterocycles. The van der Waals surface area contributed by atoms with Crippen molar-refractivity contribution in [2.45, 2.75) is 96.8 Å². The van der Waals surface area contributed by atoms with Crippen molar-refractivity contribution in [3.8, 4) is 0 Å². The lowest BCUT2D eigenvalue weighted by atomic mass is 10.1. The van der Waals surface area contributed by atoms with E-state index < -0.39 is 0 Å². The minimum Gasteiger partial charge on any atom is -0.395 e. The molecule has 1 heterocycles. The van der Waals surface area contributed by atoms with E-state index in [1.54, 1.807) is 0 Å². The third-order valence-corrected chi connectivity index (χ3v) is 5.48. The molecule has 0 aromatic carbocycles. The van der Waals surface area contributed by atoms with Crippen LogP contribution in [0.2, 0.25) is 0 Å². The number of hydrogen-bond acceptors (Lipinski definition) is 3. The van der Waals surface area contributed by atoms with Gasteiger partial charge in [0.15, 0.2) is 0 Å². The molecule has 0 spiro atoms. The lowest BCUT2D eigenvalue weighted by Gasteiger charge is -2.17. The summed E-state index contributed by atoms with van der Waals surface area (Å²) in [5.41, 5.74) is 0. The average molecular weight is 381 g/mol. The first-order chi connectivity index (χ1) is 13.3. The third-order valence-electron chi connectivity index (χ3n) is 5.48. The van der Waals surface area contributed by atoms with Crippen molar-refractivity contribution in [1.82, 2.24) is 9.80 Å². The van der Waals surface area contributed by atoms with Crippen LogP contribution in [-0.2, 0) is 4.79 Å². The SMILES string of the molecule is CCCCCCCCC=CCCCCCCCC(=O)N1CCN(CCO)C1. The molecule has 1 amide bonds. The number of aliphatic hydroxyl groups is 1. The number of allylic oxidation sites excluding steroid dienone is 2. The minimum atomic E-state index is 0.177. The van der Waals surface area contributed by atoms with Crippen LogP contribution >= 0.6 is 0 Å². The molecule has 1 N–H and O–H groups in total. The van der Waals surface area contributed by atoms with Gasteiger partial charge in [0, 0.05) is 26.1 Å². The standard InChI is InChI=1S/C23H44N2O2/c1-2-3-4-5-6-7-8-9-10-11-12-13-14-15-16-17-23(27)25-19-18-24(22-25)20-21-26/h9-10,26H,2-8,11-22H2,1H3. The van der Waals surface area contributed by atoms with Crippen molar-refractivity contribution >= 4 is 5.91 Å². The molecule has 0 radical (unpaired) electrons. The first-order valence-electron chi connectivity index (χ1n) is 11.5. The molecule has 0 aliphatic carbocycles. The highest BCUT2D eigenvalue weighted by molar-refractivity contribution is 5.76. The highest BCUT2D eigenvalue weighted by atomic mass is 16.3. The number of carbonyl (C=O) groups excluding carboxylic acids is 1. The molecule has 4 heteroatoms. The Kier molecular flexibility index (Phi) is 15.4. The van der Waals surface area contributed by atoms with Gasteiger partial charge in [-0.3, -0.25) is 9.69 Å². The predicted molar refractivity (Wildman–Crippen MR) is 115 cm³/mol. The van der Waals surface area contributed by atoms with E-state index in [2.05, 4.69) is 24.0 Å². The molecule has 158 valence electrons. The van der Waals surface area contributed by atoms with Crippen LogP contribution in [-0.4, -0.2) is 53.7 Å². The molecular formula is C23H44N2O2. The van der Waals surface area contributed by atoms with Gasteiger partial charge in [-0.1, -0.05) is 70.4 Å². The van der Waals surface area contributed by atoms with Gasteiger partial charge >= 0.3 is 0 Å². The summed E-state index contributed by atoms with van der Waals surface area (Å²) in [6.45, 7) is 5.55. The quantitative estimate of drug-likeness (QED) is 0.281. The zero-order valence-electron chi connectivity index (χ0n) is 17.8. The summed E-state index contributed by atoms with van der Waals surface area (Å²) in [6.07, 6.45) is 22.2. The minimum absolute atomic E-state index is 0.177. The Morgan fingerprint density at radius 3 is 2.07 bits per heavy atom. The van der Waals surface area contributed by atoms with Gasteiger partial charge in [-0.05, 0) is 32.1 Å². The van der Waals surface area contributed by atoms with Crippen molar-refractivity contribution < 1.29 is 9.90 Å². The van der Waals surface area contributed by atoms with E-state index in [1.165, 1.54) is 77.0 Å². The summed E-state index contributed by atoms with van der Waals surface area (Å²) in [4.78, 5) is 16.2. The topological polar surface area (TPSA) is 43.8 Å². The fourth-order valence-electron chi connectivity index (χ4n) is 3.68. The van der Waals surface area contributed by atoms with Gasteiger partial charge in [0.25, 0.3) is 0 Å². The van der Waals surface area contributed by atoms with E-state index in [1.807, 2.05) is 4.90 Å². The number of nitrogens with zero attached hydrogens (tertiary/aromatic N) is 2. The van der Waals surface area contributed by atoms with E-state index in [0.717, 1.165) is 19.5 Å². The first kappa shape index (κ1) is 24.2. The number of carbonyl (C=O) groups is 1. The Morgan fingerprint density at radius 1 is 0.852 bits per heavy atom. The molecule has 1 saturated heterocycles. The summed E-state index contributed by atoms with van der Waals surface area (Å²) in [5, 5.41) is 8.95. The maximum atomic E-state index is 12.2. The zero-order valence-corrected chi connectivity index (χ0v) is 17.8. The Morgan fingerprint density at radius 2 is 1.44 bits per heavy atom. The second-order valence-electron chi connectivity index (χ2n) is 7.97. The summed E-state index contributed by atoms with van der Waals surface area (Å²) in [5.74, 6) is 0.285. The monoisotopic (exact) mass is 380 g/mol. The van der Waals surface area contributed by atoms with Gasteiger partial charge in [0.05, 0.1) is 13.3 Å². The normalized spacial score (nSPS) is 15.3. The smallest absolute Gasteiger partial charge is 0.223 e. The molecule has 0 saturated carbocycles. The Balaban J connectivity index is 1.83. The van der Waals surface area contributed by atoms with Crippen LogP contribution in [0.1, 0.15) is 96.8 Å². The van der Waals surface area contributed by atoms with Gasteiger partial charge in [-0.25, -0.2) is 0 Å². The number of β-amino-alcohol motifs (C(OH)–C–C–N with tert-alkyl or cyclic N) is 1. The Bertz CT molecular complexity index is 385. The highest BCUT2D eigenvalue weighted by Crippen LogP contribution is 2.12. The van der Waals surface area contributed by atoms with Gasteiger partial charge in [0.1, 0.15) is 0 Å². The molecule has 1 aliphatic rings. The second-order valence-corrected chi connectivity index (χ2v) is 7.97. The van der Waals surface area contributed by atoms with E-state index >= 15 is 0 Å². The lowest BCUT2D eigenvalue weighted by Crippen LogP contribution is -2.31. The van der Waals surface area contributed by atoms with Gasteiger partial charge in [0.2, 0.25) is 5.91 Å². The van der Waals surface area contributed by atoms with Crippen molar-refractivity contribution in [2.75, 3.05) is 32.9 Å². The van der Waals surface area contributed by atoms with E-state index in [9.17, 15) is 4.79 Å². The molecule has 1 fully saturated rings. The number of hydrogen-bond donors (Lipinski definition) is 1.